The van der Waals surface area contributed by atoms with Crippen LogP contribution in [0.25, 0.3) is 10.8 Å². The SMILES string of the molecule is CC[C@H]1C[C@@H](C(=O)NCCCc2cn(CCCC(=O)Nc3cc(S(=O)(=O)[O-])cc4cc(S(=O)(=O)[O-])cc(S(=O)(=O)[O-])c34)nn2)C[C@@H](O[C@@H]2O[C@H](CO)[C@H](O)[C@H](O[C@@H](CC3CCCCC3)C(=O)[O-])[C@H]2OC(=O)c2ccccc2)[C@@H]1O[C@@H]1O[C@@H](C)[C@@H](O)[C@@H](O)[C@@H]1O.[Na+].[Na+].[Na+].[Na+]. The van der Waals surface area contributed by atoms with Crippen LogP contribution in [-0.4, -0.2) is 196 Å². The molecule has 492 valence electrons. The zero-order chi connectivity index (χ0) is 64.7. The van der Waals surface area contributed by atoms with Crippen LogP contribution >= 0.6 is 0 Å². The monoisotopic (exact) mass is 1400 g/mol. The molecule has 8 rings (SSSR count). The maximum Gasteiger partial charge on any atom is 1.00 e. The minimum atomic E-state index is -5.58. The van der Waals surface area contributed by atoms with Crippen molar-refractivity contribution in [2.24, 2.45) is 17.8 Å². The van der Waals surface area contributed by atoms with Gasteiger partial charge in [0.2, 0.25) is 11.8 Å². The molecular weight excluding hydrogens is 1330 g/mol. The molecule has 3 heterocycles. The Balaban J connectivity index is 0.00000461. The zero-order valence-electron chi connectivity index (χ0n) is 52.3. The standard InChI is InChI=1S/C56H75N5O25S3.4Na/c1-3-31-21-34(52(68)57-18-10-16-35-27-61(60-59-35)19-11-17-43(63)58-38-25-36(87(72,73)74)22-33-23-37(88(75,76)77)26-42(44(33)38)89(78,79)80)24-39(49(31)86-55-48(67)47(66)45(64)29(2)81-55)83-56-51(85-54(71)32-14-8-5-9-15-32)50(46(65)41(28-62)84-56)82-40(53(69)70)20-30-12-6-4-7-13-30;;;;/h5,8-9,14-15,22-23,25-27,29-31,34,39-41,45-51,55-56,62,64-67H,3-4,6-7,10-13,16-21,24,28H2,1-2H3,(H,57,68)(H,58,63)(H,69,70)(H,72,73,74)(H,75,76,77)(H,78,79,80);;;;/q;4*+1/p-4/t29-,31-,34+,39+,40-,41+,45+,46-,47+,48-,49+,50-,51+,55-,56+;;;;/m0..../s1. The van der Waals surface area contributed by atoms with Gasteiger partial charge < -0.3 is 88.1 Å². The summed E-state index contributed by atoms with van der Waals surface area (Å²) in [7, 11) is -16.3. The van der Waals surface area contributed by atoms with Gasteiger partial charge in [0, 0.05) is 37.0 Å². The molecular formula is C56H71N5Na4O25S3. The second kappa shape index (κ2) is 37.1. The summed E-state index contributed by atoms with van der Waals surface area (Å²) in [5, 5.41) is 79.7. The number of nitrogens with one attached hydrogen (secondary N) is 2. The Labute approximate surface area is 626 Å². The molecule has 2 saturated carbocycles. The van der Waals surface area contributed by atoms with Gasteiger partial charge in [-0.05, 0) is 99.1 Å². The van der Waals surface area contributed by atoms with Gasteiger partial charge in [-0.1, -0.05) is 68.9 Å². The number of aliphatic carboxylic acids is 1. The average molecular weight is 1400 g/mol. The van der Waals surface area contributed by atoms with Crippen LogP contribution in [0.3, 0.4) is 0 Å². The zero-order valence-corrected chi connectivity index (χ0v) is 62.7. The summed E-state index contributed by atoms with van der Waals surface area (Å²) >= 11 is 0. The van der Waals surface area contributed by atoms with Crippen LogP contribution in [0.15, 0.2) is 75.5 Å². The van der Waals surface area contributed by atoms with Gasteiger partial charge in [-0.2, -0.15) is 0 Å². The number of anilines is 1. The summed E-state index contributed by atoms with van der Waals surface area (Å²) in [4.78, 5) is 50.6. The number of carboxylic acid groups (broad SMARTS) is 1. The molecule has 93 heavy (non-hydrogen) atoms. The Kier molecular flexibility index (Phi) is 33.4. The summed E-state index contributed by atoms with van der Waals surface area (Å²) in [6.07, 6.45) is -13.6. The van der Waals surface area contributed by atoms with Gasteiger partial charge >= 0.3 is 124 Å². The van der Waals surface area contributed by atoms with E-state index in [4.69, 9.17) is 28.4 Å². The van der Waals surface area contributed by atoms with Crippen LogP contribution in [-0.2, 0) is 86.1 Å². The first-order valence-electron chi connectivity index (χ1n) is 29.1. The fraction of sp³-hybridized carbons (Fsp3) is 0.607. The first kappa shape index (κ1) is 83.7. The number of hydrogen-bond acceptors (Lipinski definition) is 27. The van der Waals surface area contributed by atoms with Crippen molar-refractivity contribution in [1.29, 1.82) is 0 Å². The smallest absolute Gasteiger partial charge is 0.744 e. The van der Waals surface area contributed by atoms with Gasteiger partial charge in [0.1, 0.15) is 67.0 Å². The van der Waals surface area contributed by atoms with Crippen molar-refractivity contribution in [2.45, 2.75) is 198 Å². The molecule has 0 spiro atoms. The van der Waals surface area contributed by atoms with Gasteiger partial charge in [-0.3, -0.25) is 14.3 Å². The summed E-state index contributed by atoms with van der Waals surface area (Å²) in [6, 6.07) is 9.67. The number of rotatable bonds is 26. The number of fused-ring (bicyclic) bond motifs is 1. The molecule has 37 heteroatoms. The number of carboxylic acids is 1. The van der Waals surface area contributed by atoms with Gasteiger partial charge in [0.15, 0.2) is 18.7 Å². The number of nitrogens with zero attached hydrogens (tertiary/aromatic N) is 3. The largest absolute Gasteiger partial charge is 1.00 e. The predicted molar refractivity (Wildman–Crippen MR) is 298 cm³/mol. The van der Waals surface area contributed by atoms with Crippen LogP contribution in [0.5, 0.6) is 0 Å². The van der Waals surface area contributed by atoms with E-state index in [1.165, 1.54) is 23.7 Å². The third kappa shape index (κ3) is 22.1. The summed E-state index contributed by atoms with van der Waals surface area (Å²) in [5.41, 5.74) is -0.124. The minimum absolute atomic E-state index is 0. The van der Waals surface area contributed by atoms with Gasteiger partial charge in [-0.25, -0.2) is 30.0 Å². The van der Waals surface area contributed by atoms with E-state index in [1.807, 2.05) is 0 Å². The van der Waals surface area contributed by atoms with Gasteiger partial charge in [0.05, 0.1) is 68.6 Å². The molecule has 4 aliphatic rings. The van der Waals surface area contributed by atoms with Crippen molar-refractivity contribution in [3.8, 4) is 0 Å². The van der Waals surface area contributed by atoms with E-state index in [-0.39, 0.29) is 187 Å². The fourth-order valence-electron chi connectivity index (χ4n) is 11.8. The molecule has 2 aliphatic heterocycles. The normalized spacial score (nSPS) is 27.2. The molecule has 0 unspecified atom stereocenters. The number of aryl methyl sites for hydroxylation is 2. The molecule has 30 nitrogen and oxygen atoms in total. The number of carbonyl (C=O) groups is 4. The molecule has 15 atom stereocenters. The number of aliphatic hydroxyl groups is 5. The third-order valence-electron chi connectivity index (χ3n) is 16.5. The second-order valence-corrected chi connectivity index (χ2v) is 26.9. The Bertz CT molecular complexity index is 3500. The topological polar surface area (TPSA) is 474 Å². The summed E-state index contributed by atoms with van der Waals surface area (Å²) < 4.78 is 147. The summed E-state index contributed by atoms with van der Waals surface area (Å²) in [5.74, 6) is -5.31. The Morgan fingerprint density at radius 2 is 1.43 bits per heavy atom. The molecule has 0 radical (unpaired) electrons. The van der Waals surface area contributed by atoms with E-state index in [9.17, 15) is 88.7 Å². The van der Waals surface area contributed by atoms with E-state index in [1.54, 1.807) is 31.3 Å². The van der Waals surface area contributed by atoms with E-state index >= 15 is 0 Å². The number of aliphatic hydroxyl groups excluding tert-OH is 5. The van der Waals surface area contributed by atoms with Crippen molar-refractivity contribution >= 4 is 70.6 Å². The molecule has 2 aliphatic carbocycles. The van der Waals surface area contributed by atoms with Gasteiger partial charge in [0.25, 0.3) is 0 Å². The quantitative estimate of drug-likeness (QED) is 0.0133. The molecule has 7 N–H and O–H groups in total. The third-order valence-corrected chi connectivity index (χ3v) is 19.0. The van der Waals surface area contributed by atoms with Crippen molar-refractivity contribution in [3.05, 3.63) is 72.1 Å². The first-order chi connectivity index (χ1) is 42.0. The van der Waals surface area contributed by atoms with Crippen LogP contribution in [0.1, 0.15) is 107 Å². The first-order valence-corrected chi connectivity index (χ1v) is 33.3. The van der Waals surface area contributed by atoms with Crippen LogP contribution in [0.2, 0.25) is 0 Å². The van der Waals surface area contributed by atoms with E-state index < -0.39 is 183 Å². The number of amides is 2. The van der Waals surface area contributed by atoms with E-state index in [0.717, 1.165) is 32.1 Å². The molecule has 2 amide bonds. The molecule has 4 fully saturated rings. The number of aromatic nitrogens is 3. The number of carbonyl (C=O) groups excluding carboxylic acids is 4. The van der Waals surface area contributed by atoms with E-state index in [0.29, 0.717) is 36.7 Å². The molecule has 2 saturated heterocycles. The molecule has 1 aromatic heterocycles. The number of benzene rings is 3. The Hall–Kier alpha value is -1.73. The van der Waals surface area contributed by atoms with Crippen molar-refractivity contribution < 1.29 is 235 Å². The Morgan fingerprint density at radius 3 is 2.04 bits per heavy atom. The molecule has 3 aromatic carbocycles. The van der Waals surface area contributed by atoms with Crippen molar-refractivity contribution in [3.63, 3.8) is 0 Å². The van der Waals surface area contributed by atoms with Crippen LogP contribution in [0, 0.1) is 17.8 Å². The number of hydrogen-bond donors (Lipinski definition) is 7. The maximum atomic E-state index is 14.3. The number of esters is 1. The molecule has 0 bridgehead atoms. The maximum absolute atomic E-state index is 14.3. The minimum Gasteiger partial charge on any atom is -0.744 e. The second-order valence-electron chi connectivity index (χ2n) is 22.8. The Morgan fingerprint density at radius 1 is 0.774 bits per heavy atom. The van der Waals surface area contributed by atoms with Crippen LogP contribution in [0.4, 0.5) is 5.69 Å². The average Bonchev–Trinajstić information content (AvgIpc) is 1.000. The number of ether oxygens (including phenoxy) is 6. The van der Waals surface area contributed by atoms with E-state index in [2.05, 4.69) is 20.9 Å². The molecule has 4 aromatic rings. The van der Waals surface area contributed by atoms with Crippen molar-refractivity contribution in [1.82, 2.24) is 20.3 Å². The van der Waals surface area contributed by atoms with Crippen LogP contribution < -0.4 is 134 Å². The fourth-order valence-corrected chi connectivity index (χ4v) is 13.7. The summed E-state index contributed by atoms with van der Waals surface area (Å²) in [6.45, 7) is 2.59. The van der Waals surface area contributed by atoms with Crippen molar-refractivity contribution in [2.75, 3.05) is 18.5 Å². The predicted octanol–water partition coefficient (Wildman–Crippen LogP) is -12.6. The van der Waals surface area contributed by atoms with Gasteiger partial charge in [-0.15, -0.1) is 5.10 Å².